The van der Waals surface area contributed by atoms with Crippen molar-refractivity contribution >= 4 is 18.5 Å². The number of aromatic hydroxyl groups is 2. The highest BCUT2D eigenvalue weighted by atomic mass is 16.3. The minimum Gasteiger partial charge on any atom is -0.507 e. The molecule has 0 unspecified atom stereocenters. The van der Waals surface area contributed by atoms with E-state index >= 15 is 0 Å². The smallest absolute Gasteiger partial charge is 0.355 e. The summed E-state index contributed by atoms with van der Waals surface area (Å²) in [6.07, 6.45) is 2.61. The third-order valence-corrected chi connectivity index (χ3v) is 2.61. The second kappa shape index (κ2) is 7.44. The standard InChI is InChI=1S/C15H14N4O3/c20-13-7-3-1-5-11(13)9-16-18-15(22)19-17-10-12-6-2-4-8-14(12)21/h1-10,20-21H,(H2,18,19,22)/b16-9+,17-10+. The van der Waals surface area contributed by atoms with Gasteiger partial charge < -0.3 is 10.2 Å². The average molecular weight is 298 g/mol. The SMILES string of the molecule is O=C(N/N=C/c1ccccc1O)N/N=C/c1ccccc1O. The summed E-state index contributed by atoms with van der Waals surface area (Å²) < 4.78 is 0. The molecule has 0 saturated heterocycles. The lowest BCUT2D eigenvalue weighted by Gasteiger charge is -2.00. The van der Waals surface area contributed by atoms with Gasteiger partial charge in [-0.2, -0.15) is 10.2 Å². The third kappa shape index (κ3) is 4.34. The van der Waals surface area contributed by atoms with Crippen LogP contribution in [0.3, 0.4) is 0 Å². The summed E-state index contributed by atoms with van der Waals surface area (Å²) in [6, 6.07) is 12.5. The topological polar surface area (TPSA) is 106 Å². The average Bonchev–Trinajstić information content (AvgIpc) is 2.51. The molecule has 2 amide bonds. The van der Waals surface area contributed by atoms with E-state index in [9.17, 15) is 15.0 Å². The third-order valence-electron chi connectivity index (χ3n) is 2.61. The molecule has 0 aromatic heterocycles. The summed E-state index contributed by atoms with van der Waals surface area (Å²) in [5.41, 5.74) is 5.33. The number of hydrogen-bond donors (Lipinski definition) is 4. The maximum Gasteiger partial charge on any atom is 0.355 e. The van der Waals surface area contributed by atoms with Crippen molar-refractivity contribution in [1.82, 2.24) is 10.9 Å². The molecule has 4 N–H and O–H groups in total. The summed E-state index contributed by atoms with van der Waals surface area (Å²) in [5.74, 6) is 0.122. The quantitative estimate of drug-likeness (QED) is 0.510. The van der Waals surface area contributed by atoms with Crippen molar-refractivity contribution in [2.24, 2.45) is 10.2 Å². The zero-order valence-electron chi connectivity index (χ0n) is 11.5. The monoisotopic (exact) mass is 298 g/mol. The van der Waals surface area contributed by atoms with Crippen LogP contribution in [0.15, 0.2) is 58.7 Å². The van der Waals surface area contributed by atoms with Crippen molar-refractivity contribution in [2.75, 3.05) is 0 Å². The van der Waals surface area contributed by atoms with Gasteiger partial charge in [-0.15, -0.1) is 0 Å². The summed E-state index contributed by atoms with van der Waals surface area (Å²) in [6.45, 7) is 0. The highest BCUT2D eigenvalue weighted by Gasteiger charge is 1.98. The van der Waals surface area contributed by atoms with E-state index in [2.05, 4.69) is 21.1 Å². The summed E-state index contributed by atoms with van der Waals surface area (Å²) in [5, 5.41) is 26.4. The van der Waals surface area contributed by atoms with Crippen LogP contribution in [-0.2, 0) is 0 Å². The highest BCUT2D eigenvalue weighted by Crippen LogP contribution is 2.13. The molecule has 0 fully saturated rings. The van der Waals surface area contributed by atoms with Crippen LogP contribution in [0.4, 0.5) is 4.79 Å². The van der Waals surface area contributed by atoms with Gasteiger partial charge in [0.1, 0.15) is 11.5 Å². The van der Waals surface area contributed by atoms with Crippen LogP contribution in [-0.4, -0.2) is 28.7 Å². The highest BCUT2D eigenvalue weighted by molar-refractivity contribution is 5.86. The van der Waals surface area contributed by atoms with Gasteiger partial charge in [-0.25, -0.2) is 15.6 Å². The second-order valence-corrected chi connectivity index (χ2v) is 4.19. The zero-order chi connectivity index (χ0) is 15.8. The van der Waals surface area contributed by atoms with Gasteiger partial charge in [0.25, 0.3) is 0 Å². The van der Waals surface area contributed by atoms with Gasteiger partial charge in [0.15, 0.2) is 0 Å². The fourth-order valence-electron chi connectivity index (χ4n) is 1.54. The number of hydrazone groups is 2. The number of phenols is 2. The molecule has 0 spiro atoms. The van der Waals surface area contributed by atoms with E-state index in [0.717, 1.165) is 0 Å². The number of nitrogens with zero attached hydrogens (tertiary/aromatic N) is 2. The number of urea groups is 1. The predicted octanol–water partition coefficient (Wildman–Crippen LogP) is 1.76. The van der Waals surface area contributed by atoms with Crippen molar-refractivity contribution in [3.8, 4) is 11.5 Å². The Morgan fingerprint density at radius 2 is 1.23 bits per heavy atom. The lowest BCUT2D eigenvalue weighted by atomic mass is 10.2. The van der Waals surface area contributed by atoms with Gasteiger partial charge in [0, 0.05) is 11.1 Å². The van der Waals surface area contributed by atoms with Crippen LogP contribution >= 0.6 is 0 Å². The first kappa shape index (κ1) is 15.0. The second-order valence-electron chi connectivity index (χ2n) is 4.19. The fourth-order valence-corrected chi connectivity index (χ4v) is 1.54. The number of phenolic OH excluding ortho intramolecular Hbond substituents is 2. The first-order valence-corrected chi connectivity index (χ1v) is 6.35. The molecule has 0 bridgehead atoms. The predicted molar refractivity (Wildman–Crippen MR) is 83.1 cm³/mol. The van der Waals surface area contributed by atoms with Crippen LogP contribution in [0.5, 0.6) is 11.5 Å². The molecule has 22 heavy (non-hydrogen) atoms. The Hall–Kier alpha value is -3.35. The van der Waals surface area contributed by atoms with Gasteiger partial charge in [-0.3, -0.25) is 0 Å². The molecule has 0 aliphatic heterocycles. The van der Waals surface area contributed by atoms with Crippen LogP contribution in [0.25, 0.3) is 0 Å². The molecular weight excluding hydrogens is 284 g/mol. The van der Waals surface area contributed by atoms with E-state index in [1.807, 2.05) is 0 Å². The van der Waals surface area contributed by atoms with Crippen molar-refractivity contribution in [3.05, 3.63) is 59.7 Å². The van der Waals surface area contributed by atoms with E-state index in [0.29, 0.717) is 11.1 Å². The first-order valence-electron chi connectivity index (χ1n) is 6.35. The molecule has 0 saturated carbocycles. The number of rotatable bonds is 4. The number of carbonyl (C=O) groups excluding carboxylic acids is 1. The van der Waals surface area contributed by atoms with Crippen LogP contribution in [0.1, 0.15) is 11.1 Å². The van der Waals surface area contributed by atoms with Crippen LogP contribution in [0, 0.1) is 0 Å². The molecule has 2 rings (SSSR count). The van der Waals surface area contributed by atoms with Gasteiger partial charge in [-0.1, -0.05) is 24.3 Å². The van der Waals surface area contributed by atoms with E-state index in [1.165, 1.54) is 24.6 Å². The Kier molecular flexibility index (Phi) is 5.09. The van der Waals surface area contributed by atoms with Gasteiger partial charge in [0.2, 0.25) is 0 Å². The maximum atomic E-state index is 11.4. The number of nitrogens with one attached hydrogen (secondary N) is 2. The van der Waals surface area contributed by atoms with Gasteiger partial charge in [-0.05, 0) is 24.3 Å². The first-order chi connectivity index (χ1) is 10.7. The van der Waals surface area contributed by atoms with E-state index in [4.69, 9.17) is 0 Å². The molecule has 0 atom stereocenters. The molecule has 2 aromatic rings. The molecule has 112 valence electrons. The Bertz CT molecular complexity index is 654. The van der Waals surface area contributed by atoms with E-state index in [-0.39, 0.29) is 11.5 Å². The van der Waals surface area contributed by atoms with Gasteiger partial charge in [0.05, 0.1) is 12.4 Å². The summed E-state index contributed by atoms with van der Waals surface area (Å²) in [4.78, 5) is 11.4. The Morgan fingerprint density at radius 1 is 0.818 bits per heavy atom. The molecular formula is C15H14N4O3. The Labute approximate surface area is 126 Å². The lowest BCUT2D eigenvalue weighted by Crippen LogP contribution is -2.28. The molecule has 0 aliphatic carbocycles. The Balaban J connectivity index is 1.84. The molecule has 7 nitrogen and oxygen atoms in total. The zero-order valence-corrected chi connectivity index (χ0v) is 11.5. The number of carbonyl (C=O) groups is 1. The van der Waals surface area contributed by atoms with Crippen LogP contribution < -0.4 is 10.9 Å². The number of benzene rings is 2. The fraction of sp³-hybridized carbons (Fsp3) is 0. The van der Waals surface area contributed by atoms with E-state index in [1.54, 1.807) is 36.4 Å². The minimum absolute atomic E-state index is 0.0611. The molecule has 7 heteroatoms. The Morgan fingerprint density at radius 3 is 1.64 bits per heavy atom. The lowest BCUT2D eigenvalue weighted by molar-refractivity contribution is 0.242. The summed E-state index contributed by atoms with van der Waals surface area (Å²) >= 11 is 0. The normalized spacial score (nSPS) is 10.9. The molecule has 2 aromatic carbocycles. The van der Waals surface area contributed by atoms with Crippen molar-refractivity contribution in [1.29, 1.82) is 0 Å². The van der Waals surface area contributed by atoms with Crippen molar-refractivity contribution < 1.29 is 15.0 Å². The molecule has 0 radical (unpaired) electrons. The molecule has 0 heterocycles. The van der Waals surface area contributed by atoms with Crippen LogP contribution in [0.2, 0.25) is 0 Å². The molecule has 0 aliphatic rings. The van der Waals surface area contributed by atoms with Gasteiger partial charge >= 0.3 is 6.03 Å². The van der Waals surface area contributed by atoms with Crippen molar-refractivity contribution in [2.45, 2.75) is 0 Å². The van der Waals surface area contributed by atoms with E-state index < -0.39 is 6.03 Å². The van der Waals surface area contributed by atoms with Crippen molar-refractivity contribution in [3.63, 3.8) is 0 Å². The number of amides is 2. The minimum atomic E-state index is -0.654. The number of hydrogen-bond acceptors (Lipinski definition) is 5. The largest absolute Gasteiger partial charge is 0.507 e. The maximum absolute atomic E-state index is 11.4. The number of para-hydroxylation sites is 2. The summed E-state index contributed by atoms with van der Waals surface area (Å²) in [7, 11) is 0.